The second-order valence-corrected chi connectivity index (χ2v) is 9.35. The molecule has 31 heavy (non-hydrogen) atoms. The van der Waals surface area contributed by atoms with Gasteiger partial charge in [-0.25, -0.2) is 0 Å². The van der Waals surface area contributed by atoms with E-state index in [9.17, 15) is 0 Å². The summed E-state index contributed by atoms with van der Waals surface area (Å²) in [6.45, 7) is 0. The Bertz CT molecular complexity index is 1170. The Morgan fingerprint density at radius 1 is 0.710 bits per heavy atom. The highest BCUT2D eigenvalue weighted by Gasteiger charge is 2.74. The van der Waals surface area contributed by atoms with Crippen molar-refractivity contribution < 1.29 is 4.74 Å². The zero-order valence-electron chi connectivity index (χ0n) is 17.3. The number of nitrogens with zero attached hydrogens (tertiary/aromatic N) is 1. The van der Waals surface area contributed by atoms with Crippen LogP contribution < -0.4 is 0 Å². The first-order chi connectivity index (χ1) is 15.2. The Hall–Kier alpha value is -2.84. The Morgan fingerprint density at radius 3 is 1.87 bits per heavy atom. The monoisotopic (exact) mass is 425 g/mol. The van der Waals surface area contributed by atoms with E-state index < -0.39 is 10.6 Å². The Balaban J connectivity index is 1.64. The number of fused-ring (bicyclic) bond motifs is 2. The molecule has 2 nitrogen and oxygen atoms in total. The van der Waals surface area contributed by atoms with Crippen molar-refractivity contribution in [3.05, 3.63) is 114 Å². The summed E-state index contributed by atoms with van der Waals surface area (Å²) in [4.78, 5) is 5.49. The molecule has 3 aliphatic rings. The predicted octanol–water partition coefficient (Wildman–Crippen LogP) is 6.95. The molecule has 0 bridgehead atoms. The van der Waals surface area contributed by atoms with Gasteiger partial charge < -0.3 is 4.74 Å². The summed E-state index contributed by atoms with van der Waals surface area (Å²) in [6, 6.07) is 31.2. The molecule has 3 aromatic rings. The smallest absolute Gasteiger partial charge is 0.226 e. The Labute approximate surface area is 188 Å². The summed E-state index contributed by atoms with van der Waals surface area (Å²) < 4.78 is 6.82. The van der Waals surface area contributed by atoms with Gasteiger partial charge in [0.25, 0.3) is 0 Å². The highest BCUT2D eigenvalue weighted by atomic mass is 35.5. The molecular weight excluding hydrogens is 402 g/mol. The molecule has 2 aliphatic heterocycles. The van der Waals surface area contributed by atoms with Crippen molar-refractivity contribution in [1.82, 2.24) is 0 Å². The van der Waals surface area contributed by atoms with E-state index in [1.807, 2.05) is 24.3 Å². The van der Waals surface area contributed by atoms with Gasteiger partial charge in [0.15, 0.2) is 5.54 Å². The molecule has 3 heteroatoms. The molecule has 3 aromatic carbocycles. The van der Waals surface area contributed by atoms with E-state index >= 15 is 0 Å². The normalized spacial score (nSPS) is 28.2. The maximum absolute atomic E-state index is 7.72. The largest absolute Gasteiger partial charge is 0.467 e. The number of rotatable bonds is 3. The minimum atomic E-state index is -0.992. The van der Waals surface area contributed by atoms with E-state index in [-0.39, 0.29) is 5.41 Å². The highest BCUT2D eigenvalue weighted by molar-refractivity contribution is 6.30. The molecule has 6 rings (SSSR count). The van der Waals surface area contributed by atoms with Crippen LogP contribution in [0, 0.1) is 5.41 Å². The molecule has 0 N–H and O–H groups in total. The van der Waals surface area contributed by atoms with Gasteiger partial charge in [-0.2, -0.15) is 0 Å². The summed E-state index contributed by atoms with van der Waals surface area (Å²) in [5, 5.41) is -0.992. The zero-order chi connectivity index (χ0) is 20.9. The van der Waals surface area contributed by atoms with Crippen LogP contribution in [0.15, 0.2) is 102 Å². The lowest BCUT2D eigenvalue weighted by atomic mass is 9.69. The standard InChI is InChI=1S/C28H24ClNO/c29-28-26(18-10-11-19-26)25(22-14-6-2-7-15-22)30-27(28,23-16-8-3-9-17-23)20-24(31-28)21-12-4-1-5-13-21/h1-9,12-17,20H,10-11,18-19H2/t27-,28+/m1/s1. The van der Waals surface area contributed by atoms with E-state index in [1.54, 1.807) is 0 Å². The van der Waals surface area contributed by atoms with E-state index in [1.165, 1.54) is 0 Å². The van der Waals surface area contributed by atoms with Crippen molar-refractivity contribution in [2.75, 3.05) is 0 Å². The molecule has 1 spiro atoms. The van der Waals surface area contributed by atoms with Gasteiger partial charge in [-0.15, -0.1) is 0 Å². The summed E-state index contributed by atoms with van der Waals surface area (Å²) >= 11 is 7.72. The van der Waals surface area contributed by atoms with Crippen LogP contribution in [-0.4, -0.2) is 10.8 Å². The van der Waals surface area contributed by atoms with Crippen molar-refractivity contribution in [2.45, 2.75) is 36.3 Å². The molecule has 1 saturated carbocycles. The van der Waals surface area contributed by atoms with Crippen LogP contribution in [0.5, 0.6) is 0 Å². The molecule has 2 atom stereocenters. The second kappa shape index (κ2) is 6.83. The molecule has 2 heterocycles. The highest BCUT2D eigenvalue weighted by Crippen LogP contribution is 2.69. The molecule has 0 unspecified atom stereocenters. The lowest BCUT2D eigenvalue weighted by Gasteiger charge is -2.43. The maximum atomic E-state index is 7.72. The van der Waals surface area contributed by atoms with Gasteiger partial charge >= 0.3 is 0 Å². The second-order valence-electron chi connectivity index (χ2n) is 8.82. The van der Waals surface area contributed by atoms with Crippen LogP contribution in [0.1, 0.15) is 42.4 Å². The summed E-state index contributed by atoms with van der Waals surface area (Å²) in [5.74, 6) is 0.821. The summed E-state index contributed by atoms with van der Waals surface area (Å²) in [6.07, 6.45) is 6.40. The van der Waals surface area contributed by atoms with Crippen molar-refractivity contribution >= 4 is 23.1 Å². The number of hydrogen-bond acceptors (Lipinski definition) is 2. The quantitative estimate of drug-likeness (QED) is 0.416. The molecule has 1 aliphatic carbocycles. The van der Waals surface area contributed by atoms with E-state index in [2.05, 4.69) is 72.8 Å². The lowest BCUT2D eigenvalue weighted by molar-refractivity contribution is 0.0183. The third kappa shape index (κ3) is 2.49. The molecule has 1 fully saturated rings. The molecule has 0 radical (unpaired) electrons. The van der Waals surface area contributed by atoms with E-state index in [0.717, 1.165) is 53.8 Å². The van der Waals surface area contributed by atoms with Crippen molar-refractivity contribution in [2.24, 2.45) is 10.4 Å². The zero-order valence-corrected chi connectivity index (χ0v) is 18.1. The van der Waals surface area contributed by atoms with Crippen LogP contribution in [0.4, 0.5) is 0 Å². The first-order valence-electron chi connectivity index (χ1n) is 11.1. The van der Waals surface area contributed by atoms with Crippen molar-refractivity contribution in [3.63, 3.8) is 0 Å². The summed E-state index contributed by atoms with van der Waals surface area (Å²) in [5.41, 5.74) is 3.25. The van der Waals surface area contributed by atoms with Crippen molar-refractivity contribution in [3.8, 4) is 0 Å². The van der Waals surface area contributed by atoms with Crippen LogP contribution in [0.2, 0.25) is 0 Å². The van der Waals surface area contributed by atoms with Gasteiger partial charge in [0.05, 0.1) is 11.1 Å². The minimum absolute atomic E-state index is 0.335. The Kier molecular flexibility index (Phi) is 4.16. The average Bonchev–Trinajstić information content (AvgIpc) is 3.49. The third-order valence-electron chi connectivity index (χ3n) is 7.21. The SMILES string of the molecule is Cl[C@@]12OC(c3ccccc3)=C[C@]1(c1ccccc1)N=C(c1ccccc1)C21CCCC1. The Morgan fingerprint density at radius 2 is 1.26 bits per heavy atom. The average molecular weight is 426 g/mol. The topological polar surface area (TPSA) is 21.6 Å². The van der Waals surface area contributed by atoms with E-state index in [4.69, 9.17) is 21.3 Å². The third-order valence-corrected chi connectivity index (χ3v) is 7.94. The van der Waals surface area contributed by atoms with Crippen LogP contribution >= 0.6 is 11.6 Å². The van der Waals surface area contributed by atoms with Gasteiger partial charge in [0.1, 0.15) is 5.76 Å². The number of benzene rings is 3. The maximum Gasteiger partial charge on any atom is 0.226 e. The van der Waals surface area contributed by atoms with Gasteiger partial charge in [0, 0.05) is 5.56 Å². The number of aliphatic imine (C=N–C) groups is 1. The number of hydrogen-bond donors (Lipinski definition) is 0. The minimum Gasteiger partial charge on any atom is -0.467 e. The summed E-state index contributed by atoms with van der Waals surface area (Å²) in [7, 11) is 0. The molecule has 0 amide bonds. The molecule has 154 valence electrons. The van der Waals surface area contributed by atoms with Crippen molar-refractivity contribution in [1.29, 1.82) is 0 Å². The van der Waals surface area contributed by atoms with E-state index in [0.29, 0.717) is 0 Å². The van der Waals surface area contributed by atoms with Crippen LogP contribution in [0.25, 0.3) is 5.76 Å². The van der Waals surface area contributed by atoms with Gasteiger partial charge in [-0.05, 0) is 30.0 Å². The van der Waals surface area contributed by atoms with Gasteiger partial charge in [0.2, 0.25) is 5.06 Å². The molecular formula is C28H24ClNO. The fourth-order valence-electron chi connectivity index (χ4n) is 5.79. The number of halogens is 1. The molecule has 0 saturated heterocycles. The van der Waals surface area contributed by atoms with Crippen LogP contribution in [-0.2, 0) is 10.3 Å². The first kappa shape index (κ1) is 18.9. The number of ether oxygens (including phenoxy) is 1. The number of alkyl halides is 1. The predicted molar refractivity (Wildman–Crippen MR) is 126 cm³/mol. The first-order valence-corrected chi connectivity index (χ1v) is 11.4. The fraction of sp³-hybridized carbons (Fsp3) is 0.250. The van der Waals surface area contributed by atoms with Crippen LogP contribution in [0.3, 0.4) is 0 Å². The van der Waals surface area contributed by atoms with Gasteiger partial charge in [-0.3, -0.25) is 4.99 Å². The molecule has 0 aromatic heterocycles. The lowest BCUT2D eigenvalue weighted by Crippen LogP contribution is -2.52. The van der Waals surface area contributed by atoms with Gasteiger partial charge in [-0.1, -0.05) is 115 Å². The fourth-order valence-corrected chi connectivity index (χ4v) is 6.36.